The highest BCUT2D eigenvalue weighted by Gasteiger charge is 2.30. The summed E-state index contributed by atoms with van der Waals surface area (Å²) < 4.78 is 5.52. The van der Waals surface area contributed by atoms with Crippen LogP contribution in [-0.4, -0.2) is 42.1 Å². The Bertz CT molecular complexity index is 435. The lowest BCUT2D eigenvalue weighted by molar-refractivity contribution is -0.142. The highest BCUT2D eigenvalue weighted by atomic mass is 16.5. The molecule has 8 heteroatoms. The van der Waals surface area contributed by atoms with Crippen molar-refractivity contribution < 1.29 is 14.3 Å². The summed E-state index contributed by atoms with van der Waals surface area (Å²) in [7, 11) is 0. The molecule has 8 nitrogen and oxygen atoms in total. The first-order valence-electron chi connectivity index (χ1n) is 7.71. The van der Waals surface area contributed by atoms with Gasteiger partial charge in [0.1, 0.15) is 5.60 Å². The van der Waals surface area contributed by atoms with E-state index in [1.54, 1.807) is 13.8 Å². The van der Waals surface area contributed by atoms with Crippen molar-refractivity contribution in [2.45, 2.75) is 58.6 Å². The van der Waals surface area contributed by atoms with Gasteiger partial charge in [-0.15, -0.1) is 0 Å². The molecule has 0 radical (unpaired) electrons. The molecule has 0 aromatic carbocycles. The maximum atomic E-state index is 12.2. The molecule has 0 spiro atoms. The molecule has 0 saturated carbocycles. The Morgan fingerprint density at radius 3 is 2.26 bits per heavy atom. The molecule has 2 amide bonds. The van der Waals surface area contributed by atoms with Gasteiger partial charge in [0.25, 0.3) is 0 Å². The molecular weight excluding hydrogens is 298 g/mol. The van der Waals surface area contributed by atoms with Crippen molar-refractivity contribution in [1.29, 1.82) is 5.41 Å². The average Bonchev–Trinajstić information content (AvgIpc) is 2.40. The second-order valence-electron chi connectivity index (χ2n) is 6.92. The fourth-order valence-electron chi connectivity index (χ4n) is 1.69. The zero-order valence-corrected chi connectivity index (χ0v) is 14.8. The summed E-state index contributed by atoms with van der Waals surface area (Å²) in [5.41, 5.74) is 8.75. The number of rotatable bonds is 10. The molecule has 23 heavy (non-hydrogen) atoms. The van der Waals surface area contributed by atoms with E-state index in [0.29, 0.717) is 13.0 Å². The van der Waals surface area contributed by atoms with Crippen LogP contribution in [0.1, 0.15) is 47.5 Å². The predicted molar refractivity (Wildman–Crippen MR) is 89.8 cm³/mol. The van der Waals surface area contributed by atoms with Crippen molar-refractivity contribution >= 4 is 17.8 Å². The Kier molecular flexibility index (Phi) is 8.02. The smallest absolute Gasteiger partial charge is 0.249 e. The summed E-state index contributed by atoms with van der Waals surface area (Å²) >= 11 is 0. The number of guanidine groups is 1. The number of primary amides is 1. The summed E-state index contributed by atoms with van der Waals surface area (Å²) in [5, 5.41) is 12.7. The summed E-state index contributed by atoms with van der Waals surface area (Å²) in [6.07, 6.45) is 1.41. The van der Waals surface area contributed by atoms with E-state index in [-0.39, 0.29) is 24.4 Å². The third kappa shape index (κ3) is 9.02. The molecule has 1 unspecified atom stereocenters. The van der Waals surface area contributed by atoms with E-state index in [2.05, 4.69) is 10.6 Å². The molecule has 0 aromatic rings. The van der Waals surface area contributed by atoms with Gasteiger partial charge in [0.2, 0.25) is 11.8 Å². The zero-order chi connectivity index (χ0) is 18.3. The fourth-order valence-corrected chi connectivity index (χ4v) is 1.69. The molecule has 0 saturated heterocycles. The van der Waals surface area contributed by atoms with Gasteiger partial charge in [-0.05, 0) is 40.5 Å². The molecule has 0 heterocycles. The van der Waals surface area contributed by atoms with E-state index in [1.165, 1.54) is 0 Å². The second kappa shape index (κ2) is 8.71. The molecule has 0 aliphatic heterocycles. The third-order valence-electron chi connectivity index (χ3n) is 3.43. The first-order valence-corrected chi connectivity index (χ1v) is 7.71. The van der Waals surface area contributed by atoms with Crippen LogP contribution in [0.4, 0.5) is 0 Å². The van der Waals surface area contributed by atoms with E-state index in [4.69, 9.17) is 21.6 Å². The van der Waals surface area contributed by atoms with Crippen molar-refractivity contribution in [2.75, 3.05) is 13.2 Å². The standard InChI is InChI=1S/C15H31N5O3/c1-10(7-6-8-19-13(17)18)11(21)20-14(2,3)9-23-15(4,5)12(16)22/h10H,6-9H2,1-5H3,(H2,16,22)(H,20,21)(H4,17,18,19). The molecular formula is C15H31N5O3. The van der Waals surface area contributed by atoms with Gasteiger partial charge in [-0.3, -0.25) is 15.0 Å². The first-order chi connectivity index (χ1) is 10.4. The molecule has 0 aliphatic rings. The highest BCUT2D eigenvalue weighted by molar-refractivity contribution is 5.82. The lowest BCUT2D eigenvalue weighted by Gasteiger charge is -2.31. The third-order valence-corrected chi connectivity index (χ3v) is 3.43. The van der Waals surface area contributed by atoms with Crippen molar-refractivity contribution in [1.82, 2.24) is 10.6 Å². The van der Waals surface area contributed by atoms with Gasteiger partial charge in [-0.1, -0.05) is 6.92 Å². The summed E-state index contributed by atoms with van der Waals surface area (Å²) in [4.78, 5) is 23.4. The molecule has 0 aliphatic carbocycles. The number of hydrogen-bond acceptors (Lipinski definition) is 4. The SMILES string of the molecule is CC(CCCNC(=N)N)C(=O)NC(C)(C)COC(C)(C)C(N)=O. The normalized spacial score (nSPS) is 13.3. The maximum absolute atomic E-state index is 12.2. The first kappa shape index (κ1) is 21.2. The monoisotopic (exact) mass is 329 g/mol. The topological polar surface area (TPSA) is 143 Å². The van der Waals surface area contributed by atoms with Crippen LogP contribution in [-0.2, 0) is 14.3 Å². The Labute approximate surface area is 138 Å². The fraction of sp³-hybridized carbons (Fsp3) is 0.800. The van der Waals surface area contributed by atoms with Crippen molar-refractivity contribution in [3.63, 3.8) is 0 Å². The zero-order valence-electron chi connectivity index (χ0n) is 14.8. The predicted octanol–water partition coefficient (Wildman–Crippen LogP) is 0.0611. The van der Waals surface area contributed by atoms with Crippen LogP contribution < -0.4 is 22.1 Å². The van der Waals surface area contributed by atoms with Gasteiger partial charge in [0.15, 0.2) is 5.96 Å². The van der Waals surface area contributed by atoms with E-state index < -0.39 is 17.0 Å². The molecule has 134 valence electrons. The average molecular weight is 329 g/mol. The van der Waals surface area contributed by atoms with E-state index in [0.717, 1.165) is 6.42 Å². The Morgan fingerprint density at radius 2 is 1.78 bits per heavy atom. The van der Waals surface area contributed by atoms with Gasteiger partial charge < -0.3 is 26.8 Å². The van der Waals surface area contributed by atoms with Gasteiger partial charge in [-0.2, -0.15) is 0 Å². The van der Waals surface area contributed by atoms with Gasteiger partial charge in [0.05, 0.1) is 12.1 Å². The van der Waals surface area contributed by atoms with Gasteiger partial charge in [-0.25, -0.2) is 0 Å². The lowest BCUT2D eigenvalue weighted by Crippen LogP contribution is -2.52. The minimum Gasteiger partial charge on any atom is -0.370 e. The maximum Gasteiger partial charge on any atom is 0.249 e. The van der Waals surface area contributed by atoms with Crippen molar-refractivity contribution in [3.8, 4) is 0 Å². The van der Waals surface area contributed by atoms with Crippen LogP contribution in [0.25, 0.3) is 0 Å². The number of carbonyl (C=O) groups excluding carboxylic acids is 2. The van der Waals surface area contributed by atoms with E-state index >= 15 is 0 Å². The van der Waals surface area contributed by atoms with Crippen LogP contribution >= 0.6 is 0 Å². The van der Waals surface area contributed by atoms with Gasteiger partial charge >= 0.3 is 0 Å². The quantitative estimate of drug-likeness (QED) is 0.219. The summed E-state index contributed by atoms with van der Waals surface area (Å²) in [6.45, 7) is 9.42. The Balaban J connectivity index is 4.29. The highest BCUT2D eigenvalue weighted by Crippen LogP contribution is 2.14. The Morgan fingerprint density at radius 1 is 1.22 bits per heavy atom. The van der Waals surface area contributed by atoms with Crippen LogP contribution in [0, 0.1) is 11.3 Å². The second-order valence-corrected chi connectivity index (χ2v) is 6.92. The lowest BCUT2D eigenvalue weighted by atomic mass is 10.0. The van der Waals surface area contributed by atoms with Crippen LogP contribution in [0.2, 0.25) is 0 Å². The minimum absolute atomic E-state index is 0.0718. The number of amides is 2. The number of carbonyl (C=O) groups is 2. The molecule has 0 aromatic heterocycles. The number of ether oxygens (including phenoxy) is 1. The summed E-state index contributed by atoms with van der Waals surface area (Å²) in [6, 6.07) is 0. The van der Waals surface area contributed by atoms with Crippen molar-refractivity contribution in [3.05, 3.63) is 0 Å². The molecule has 7 N–H and O–H groups in total. The number of nitrogens with one attached hydrogen (secondary N) is 3. The van der Waals surface area contributed by atoms with E-state index in [9.17, 15) is 9.59 Å². The molecule has 1 atom stereocenters. The number of hydrogen-bond donors (Lipinski definition) is 5. The summed E-state index contributed by atoms with van der Waals surface area (Å²) in [5.74, 6) is -0.881. The van der Waals surface area contributed by atoms with Crippen LogP contribution in [0.3, 0.4) is 0 Å². The van der Waals surface area contributed by atoms with Gasteiger partial charge in [0, 0.05) is 12.5 Å². The minimum atomic E-state index is -1.08. The molecule has 0 bridgehead atoms. The van der Waals surface area contributed by atoms with Crippen molar-refractivity contribution in [2.24, 2.45) is 17.4 Å². The van der Waals surface area contributed by atoms with Crippen LogP contribution in [0.15, 0.2) is 0 Å². The molecule has 0 rings (SSSR count). The van der Waals surface area contributed by atoms with Crippen LogP contribution in [0.5, 0.6) is 0 Å². The largest absolute Gasteiger partial charge is 0.370 e. The Hall–Kier alpha value is -1.83. The number of nitrogens with two attached hydrogens (primary N) is 2. The molecule has 0 fully saturated rings. The van der Waals surface area contributed by atoms with E-state index in [1.807, 2.05) is 20.8 Å².